The van der Waals surface area contributed by atoms with Crippen LogP contribution in [0.5, 0.6) is 0 Å². The molecule has 2 aliphatic heterocycles. The largest absolute Gasteiger partial charge is 0.336 e. The summed E-state index contributed by atoms with van der Waals surface area (Å²) >= 11 is 12.7. The van der Waals surface area contributed by atoms with Crippen LogP contribution in [0.1, 0.15) is 0 Å². The van der Waals surface area contributed by atoms with Gasteiger partial charge in [0.1, 0.15) is 9.23 Å². The zero-order chi connectivity index (χ0) is 14.5. The third-order valence-electron chi connectivity index (χ3n) is 3.40. The molecule has 2 aliphatic rings. The molecule has 0 radical (unpaired) electrons. The lowest BCUT2D eigenvalue weighted by Crippen LogP contribution is -2.61. The first kappa shape index (κ1) is 14.4. The Morgan fingerprint density at radius 1 is 1.35 bits per heavy atom. The van der Waals surface area contributed by atoms with Gasteiger partial charge in [-0.3, -0.25) is 0 Å². The molecule has 0 atom stereocenters. The van der Waals surface area contributed by atoms with E-state index in [-0.39, 0.29) is 21.3 Å². The molecule has 0 aromatic carbocycles. The van der Waals surface area contributed by atoms with Gasteiger partial charge in [0.05, 0.1) is 10.4 Å². The van der Waals surface area contributed by atoms with Crippen LogP contribution in [-0.2, 0) is 10.0 Å². The Kier molecular flexibility index (Phi) is 3.62. The van der Waals surface area contributed by atoms with Gasteiger partial charge in [-0.25, -0.2) is 13.2 Å². The number of carbonyl (C=O) groups excluding carboxylic acids is 1. The van der Waals surface area contributed by atoms with Crippen LogP contribution in [0.4, 0.5) is 4.79 Å². The van der Waals surface area contributed by atoms with E-state index in [4.69, 9.17) is 23.2 Å². The number of urea groups is 1. The fraction of sp³-hybridized carbons (Fsp3) is 0.500. The topological polar surface area (TPSA) is 69.7 Å². The lowest BCUT2D eigenvalue weighted by Gasteiger charge is -2.42. The van der Waals surface area contributed by atoms with Gasteiger partial charge in [-0.05, 0) is 6.07 Å². The summed E-state index contributed by atoms with van der Waals surface area (Å²) in [6.07, 6.45) is 0. The van der Waals surface area contributed by atoms with Gasteiger partial charge in [0, 0.05) is 26.2 Å². The van der Waals surface area contributed by atoms with Gasteiger partial charge in [0.25, 0.3) is 0 Å². The fourth-order valence-electron chi connectivity index (χ4n) is 2.28. The number of hydrogen-bond donors (Lipinski definition) is 1. The van der Waals surface area contributed by atoms with Crippen LogP contribution in [-0.4, -0.2) is 55.9 Å². The monoisotopic (exact) mass is 355 g/mol. The van der Waals surface area contributed by atoms with Gasteiger partial charge in [-0.2, -0.15) is 4.31 Å². The van der Waals surface area contributed by atoms with Gasteiger partial charge < -0.3 is 10.2 Å². The van der Waals surface area contributed by atoms with Gasteiger partial charge in [0.15, 0.2) is 0 Å². The summed E-state index contributed by atoms with van der Waals surface area (Å²) in [6.45, 7) is 1.80. The van der Waals surface area contributed by atoms with Crippen LogP contribution >= 0.6 is 34.5 Å². The molecule has 1 aromatic heterocycles. The first-order valence-corrected chi connectivity index (χ1v) is 8.90. The van der Waals surface area contributed by atoms with Crippen molar-refractivity contribution < 1.29 is 13.2 Å². The van der Waals surface area contributed by atoms with Crippen LogP contribution in [0, 0.1) is 0 Å². The highest BCUT2D eigenvalue weighted by atomic mass is 35.5. The molecule has 2 saturated heterocycles. The number of amides is 2. The first-order valence-electron chi connectivity index (χ1n) is 5.89. The fourth-order valence-corrected chi connectivity index (χ4v) is 5.91. The number of halogens is 2. The molecule has 2 amide bonds. The van der Waals surface area contributed by atoms with Crippen molar-refractivity contribution in [3.05, 3.63) is 14.7 Å². The SMILES string of the molecule is O=C1NCCN1C1CN(S(=O)(=O)c2cc(Cl)sc2Cl)C1. The Balaban J connectivity index is 1.73. The molecule has 2 fully saturated rings. The van der Waals surface area contributed by atoms with Gasteiger partial charge >= 0.3 is 6.03 Å². The second kappa shape index (κ2) is 5.03. The molecule has 1 N–H and O–H groups in total. The van der Waals surface area contributed by atoms with Crippen LogP contribution in [0.3, 0.4) is 0 Å². The van der Waals surface area contributed by atoms with E-state index in [1.165, 1.54) is 10.4 Å². The number of sulfonamides is 1. The highest BCUT2D eigenvalue weighted by molar-refractivity contribution is 7.89. The Morgan fingerprint density at radius 2 is 2.05 bits per heavy atom. The molecule has 0 saturated carbocycles. The van der Waals surface area contributed by atoms with Crippen LogP contribution in [0.15, 0.2) is 11.0 Å². The number of nitrogens with one attached hydrogen (secondary N) is 1. The van der Waals surface area contributed by atoms with Crippen molar-refractivity contribution in [2.75, 3.05) is 26.2 Å². The van der Waals surface area contributed by atoms with Gasteiger partial charge in [0.2, 0.25) is 10.0 Å². The maximum absolute atomic E-state index is 12.4. The number of rotatable bonds is 3. The zero-order valence-electron chi connectivity index (χ0n) is 10.2. The molecule has 6 nitrogen and oxygen atoms in total. The van der Waals surface area contributed by atoms with E-state index in [1.807, 2.05) is 0 Å². The molecule has 20 heavy (non-hydrogen) atoms. The average molecular weight is 356 g/mol. The summed E-state index contributed by atoms with van der Waals surface area (Å²) < 4.78 is 26.5. The number of nitrogens with zero attached hydrogens (tertiary/aromatic N) is 2. The highest BCUT2D eigenvalue weighted by Crippen LogP contribution is 2.37. The van der Waals surface area contributed by atoms with Crippen molar-refractivity contribution in [3.8, 4) is 0 Å². The smallest absolute Gasteiger partial charge is 0.317 e. The Hall–Kier alpha value is -0.540. The van der Waals surface area contributed by atoms with E-state index in [9.17, 15) is 13.2 Å². The first-order chi connectivity index (χ1) is 9.39. The molecule has 110 valence electrons. The Bertz CT molecular complexity index is 655. The van der Waals surface area contributed by atoms with Gasteiger partial charge in [-0.15, -0.1) is 11.3 Å². The second-order valence-corrected chi connectivity index (χ2v) is 8.78. The van der Waals surface area contributed by atoms with Crippen molar-refractivity contribution >= 4 is 50.6 Å². The van der Waals surface area contributed by atoms with Crippen molar-refractivity contribution in [1.29, 1.82) is 0 Å². The maximum atomic E-state index is 12.4. The Labute approximate surface area is 130 Å². The van der Waals surface area contributed by atoms with Crippen molar-refractivity contribution in [1.82, 2.24) is 14.5 Å². The minimum atomic E-state index is -3.62. The van der Waals surface area contributed by atoms with Gasteiger partial charge in [-0.1, -0.05) is 23.2 Å². The standard InChI is InChI=1S/C10H11Cl2N3O3S2/c11-8-3-7(9(12)19-8)20(17,18)14-4-6(5-14)15-2-1-13-10(15)16/h3,6H,1-2,4-5H2,(H,13,16). The summed E-state index contributed by atoms with van der Waals surface area (Å²) in [7, 11) is -3.62. The molecule has 1 aromatic rings. The lowest BCUT2D eigenvalue weighted by atomic mass is 10.1. The quantitative estimate of drug-likeness (QED) is 0.891. The van der Waals surface area contributed by atoms with Crippen LogP contribution < -0.4 is 5.32 Å². The zero-order valence-corrected chi connectivity index (χ0v) is 13.3. The molecule has 0 spiro atoms. The van der Waals surface area contributed by atoms with E-state index < -0.39 is 10.0 Å². The van der Waals surface area contributed by atoms with Crippen molar-refractivity contribution in [2.45, 2.75) is 10.9 Å². The van der Waals surface area contributed by atoms with Crippen molar-refractivity contribution in [2.24, 2.45) is 0 Å². The normalized spacial score (nSPS) is 21.1. The number of hydrogen-bond acceptors (Lipinski definition) is 4. The summed E-state index contributed by atoms with van der Waals surface area (Å²) in [5.41, 5.74) is 0. The summed E-state index contributed by atoms with van der Waals surface area (Å²) in [5, 5.41) is 2.70. The highest BCUT2D eigenvalue weighted by Gasteiger charge is 2.43. The molecular weight excluding hydrogens is 345 g/mol. The molecule has 3 rings (SSSR count). The van der Waals surface area contributed by atoms with Crippen LogP contribution in [0.25, 0.3) is 0 Å². The summed E-state index contributed by atoms with van der Waals surface area (Å²) in [6, 6.07) is 1.16. The minimum absolute atomic E-state index is 0.0403. The number of carbonyl (C=O) groups is 1. The summed E-state index contributed by atoms with van der Waals surface area (Å²) in [5.74, 6) is 0. The maximum Gasteiger partial charge on any atom is 0.317 e. The van der Waals surface area contributed by atoms with E-state index in [0.29, 0.717) is 30.5 Å². The predicted octanol–water partition coefficient (Wildman–Crippen LogP) is 1.45. The summed E-state index contributed by atoms with van der Waals surface area (Å²) in [4.78, 5) is 13.2. The minimum Gasteiger partial charge on any atom is -0.336 e. The molecule has 10 heteroatoms. The van der Waals surface area contributed by atoms with E-state index >= 15 is 0 Å². The third kappa shape index (κ3) is 2.29. The van der Waals surface area contributed by atoms with Crippen LogP contribution in [0.2, 0.25) is 8.67 Å². The third-order valence-corrected chi connectivity index (χ3v) is 6.99. The van der Waals surface area contributed by atoms with E-state index in [2.05, 4.69) is 5.32 Å². The average Bonchev–Trinajstić information content (AvgIpc) is 2.84. The molecule has 0 bridgehead atoms. The lowest BCUT2D eigenvalue weighted by molar-refractivity contribution is 0.124. The Morgan fingerprint density at radius 3 is 2.55 bits per heavy atom. The number of thiophene rings is 1. The molecule has 0 unspecified atom stereocenters. The second-order valence-electron chi connectivity index (χ2n) is 4.59. The van der Waals surface area contributed by atoms with E-state index in [0.717, 1.165) is 11.3 Å². The predicted molar refractivity (Wildman–Crippen MR) is 77.0 cm³/mol. The molecular formula is C10H11Cl2N3O3S2. The molecule has 3 heterocycles. The van der Waals surface area contributed by atoms with E-state index in [1.54, 1.807) is 4.90 Å². The van der Waals surface area contributed by atoms with Crippen molar-refractivity contribution in [3.63, 3.8) is 0 Å². The molecule has 0 aliphatic carbocycles.